The van der Waals surface area contributed by atoms with Crippen LogP contribution in [0, 0.1) is 5.92 Å². The molecule has 0 amide bonds. The van der Waals surface area contributed by atoms with Crippen molar-refractivity contribution in [3.05, 3.63) is 0 Å². The molecule has 1 saturated carbocycles. The first-order valence-corrected chi connectivity index (χ1v) is 5.56. The van der Waals surface area contributed by atoms with E-state index in [0.29, 0.717) is 11.7 Å². The second kappa shape index (κ2) is 4.15. The number of Topliss-reactive ketones (excluding diaryl/α,β-unsaturated/α-hetero) is 1. The zero-order valence-electron chi connectivity index (χ0n) is 7.30. The molecule has 0 atom stereocenters. The zero-order valence-corrected chi connectivity index (χ0v) is 8.12. The molecule has 0 radical (unpaired) electrons. The minimum Gasteiger partial charge on any atom is -0.300 e. The molecule has 0 aromatic heterocycles. The maximum Gasteiger partial charge on any atom is 0.132 e. The van der Waals surface area contributed by atoms with Crippen LogP contribution in [-0.2, 0) is 4.79 Å². The highest BCUT2D eigenvalue weighted by atomic mass is 32.2. The van der Waals surface area contributed by atoms with E-state index in [9.17, 15) is 4.79 Å². The van der Waals surface area contributed by atoms with Crippen molar-refractivity contribution in [1.29, 1.82) is 0 Å². The van der Waals surface area contributed by atoms with Gasteiger partial charge in [-0.05, 0) is 38.9 Å². The average molecular weight is 172 g/mol. The molecule has 1 aliphatic rings. The molecular weight excluding hydrogens is 156 g/mol. The highest BCUT2D eigenvalue weighted by molar-refractivity contribution is 7.99. The maximum atomic E-state index is 11.0. The summed E-state index contributed by atoms with van der Waals surface area (Å²) in [6.07, 6.45) is 6.90. The van der Waals surface area contributed by atoms with E-state index in [1.165, 1.54) is 12.8 Å². The van der Waals surface area contributed by atoms with E-state index in [0.717, 1.165) is 18.1 Å². The van der Waals surface area contributed by atoms with Gasteiger partial charge in [0.25, 0.3) is 0 Å². The van der Waals surface area contributed by atoms with Gasteiger partial charge in [0.1, 0.15) is 5.78 Å². The first-order valence-electron chi connectivity index (χ1n) is 4.27. The summed E-state index contributed by atoms with van der Waals surface area (Å²) in [6, 6.07) is 0. The number of rotatable bonds is 2. The van der Waals surface area contributed by atoms with Crippen molar-refractivity contribution in [2.45, 2.75) is 37.9 Å². The molecule has 0 unspecified atom stereocenters. The van der Waals surface area contributed by atoms with E-state index < -0.39 is 0 Å². The average Bonchev–Trinajstić information content (AvgIpc) is 2.05. The first-order chi connectivity index (χ1) is 5.24. The van der Waals surface area contributed by atoms with Gasteiger partial charge in [0.15, 0.2) is 0 Å². The summed E-state index contributed by atoms with van der Waals surface area (Å²) in [6.45, 7) is 1.73. The molecule has 0 saturated heterocycles. The molecule has 0 aromatic rings. The SMILES string of the molecule is CSC1CCC(C(C)=O)CC1. The predicted octanol–water partition coefficient (Wildman–Crippen LogP) is 2.50. The fraction of sp³-hybridized carbons (Fsp3) is 0.889. The predicted molar refractivity (Wildman–Crippen MR) is 49.9 cm³/mol. The van der Waals surface area contributed by atoms with Crippen molar-refractivity contribution in [3.8, 4) is 0 Å². The van der Waals surface area contributed by atoms with Gasteiger partial charge in [-0.1, -0.05) is 0 Å². The molecule has 1 fully saturated rings. The van der Waals surface area contributed by atoms with Crippen LogP contribution in [0.25, 0.3) is 0 Å². The van der Waals surface area contributed by atoms with Crippen LogP contribution in [0.15, 0.2) is 0 Å². The van der Waals surface area contributed by atoms with Crippen molar-refractivity contribution in [3.63, 3.8) is 0 Å². The van der Waals surface area contributed by atoms with Crippen LogP contribution in [0.1, 0.15) is 32.6 Å². The molecule has 0 spiro atoms. The molecule has 0 aromatic carbocycles. The van der Waals surface area contributed by atoms with Crippen LogP contribution in [0.5, 0.6) is 0 Å². The fourth-order valence-electron chi connectivity index (χ4n) is 1.71. The summed E-state index contributed by atoms with van der Waals surface area (Å²) in [5.41, 5.74) is 0. The molecule has 2 heteroatoms. The van der Waals surface area contributed by atoms with E-state index in [1.807, 2.05) is 11.8 Å². The number of carbonyl (C=O) groups is 1. The van der Waals surface area contributed by atoms with Crippen molar-refractivity contribution >= 4 is 17.5 Å². The van der Waals surface area contributed by atoms with E-state index in [4.69, 9.17) is 0 Å². The lowest BCUT2D eigenvalue weighted by atomic mass is 9.86. The van der Waals surface area contributed by atoms with Gasteiger partial charge in [-0.2, -0.15) is 11.8 Å². The van der Waals surface area contributed by atoms with E-state index in [2.05, 4.69) is 6.26 Å². The Labute approximate surface area is 72.9 Å². The molecule has 0 aliphatic heterocycles. The Morgan fingerprint density at radius 2 is 1.82 bits per heavy atom. The van der Waals surface area contributed by atoms with Crippen molar-refractivity contribution in [2.24, 2.45) is 5.92 Å². The lowest BCUT2D eigenvalue weighted by molar-refractivity contribution is -0.121. The third-order valence-corrected chi connectivity index (χ3v) is 3.72. The van der Waals surface area contributed by atoms with Gasteiger partial charge in [-0.15, -0.1) is 0 Å². The van der Waals surface area contributed by atoms with E-state index in [-0.39, 0.29) is 0 Å². The summed E-state index contributed by atoms with van der Waals surface area (Å²) in [4.78, 5) is 11.0. The first kappa shape index (κ1) is 9.11. The maximum absolute atomic E-state index is 11.0. The molecule has 11 heavy (non-hydrogen) atoms. The quantitative estimate of drug-likeness (QED) is 0.636. The van der Waals surface area contributed by atoms with Crippen LogP contribution in [0.4, 0.5) is 0 Å². The highest BCUT2D eigenvalue weighted by Gasteiger charge is 2.22. The Hall–Kier alpha value is 0.0200. The normalized spacial score (nSPS) is 31.8. The molecule has 1 rings (SSSR count). The van der Waals surface area contributed by atoms with Crippen molar-refractivity contribution in [1.82, 2.24) is 0 Å². The minimum atomic E-state index is 0.387. The highest BCUT2D eigenvalue weighted by Crippen LogP contribution is 2.30. The Bertz CT molecular complexity index is 136. The van der Waals surface area contributed by atoms with Gasteiger partial charge in [0.05, 0.1) is 0 Å². The molecule has 0 heterocycles. The number of carbonyl (C=O) groups excluding carboxylic acids is 1. The second-order valence-corrected chi connectivity index (χ2v) is 4.46. The molecule has 1 nitrogen and oxygen atoms in total. The molecule has 0 bridgehead atoms. The summed E-state index contributed by atoms with van der Waals surface area (Å²) in [5.74, 6) is 0.781. The van der Waals surface area contributed by atoms with Gasteiger partial charge in [-0.3, -0.25) is 4.79 Å². The van der Waals surface area contributed by atoms with Crippen LogP contribution >= 0.6 is 11.8 Å². The fourth-order valence-corrected chi connectivity index (χ4v) is 2.45. The number of thioether (sulfide) groups is 1. The Kier molecular flexibility index (Phi) is 3.44. The summed E-state index contributed by atoms with van der Waals surface area (Å²) >= 11 is 1.95. The molecular formula is C9H16OS. The smallest absolute Gasteiger partial charge is 0.132 e. The van der Waals surface area contributed by atoms with Gasteiger partial charge < -0.3 is 0 Å². The molecule has 1 aliphatic carbocycles. The lowest BCUT2D eigenvalue weighted by Crippen LogP contribution is -2.20. The third-order valence-electron chi connectivity index (χ3n) is 2.58. The number of ketones is 1. The Morgan fingerprint density at radius 1 is 1.27 bits per heavy atom. The molecule has 0 N–H and O–H groups in total. The summed E-state index contributed by atoms with van der Waals surface area (Å²) in [7, 11) is 0. The van der Waals surface area contributed by atoms with E-state index >= 15 is 0 Å². The Balaban J connectivity index is 2.30. The van der Waals surface area contributed by atoms with Gasteiger partial charge in [0, 0.05) is 11.2 Å². The van der Waals surface area contributed by atoms with E-state index in [1.54, 1.807) is 6.92 Å². The number of hydrogen-bond acceptors (Lipinski definition) is 2. The van der Waals surface area contributed by atoms with Gasteiger partial charge in [-0.25, -0.2) is 0 Å². The van der Waals surface area contributed by atoms with Crippen LogP contribution in [0.3, 0.4) is 0 Å². The lowest BCUT2D eigenvalue weighted by Gasteiger charge is -2.25. The standard InChI is InChI=1S/C9H16OS/c1-7(10)8-3-5-9(11-2)6-4-8/h8-9H,3-6H2,1-2H3. The number of hydrogen-bond donors (Lipinski definition) is 0. The largest absolute Gasteiger partial charge is 0.300 e. The van der Waals surface area contributed by atoms with Crippen molar-refractivity contribution in [2.75, 3.05) is 6.26 Å². The summed E-state index contributed by atoms with van der Waals surface area (Å²) in [5, 5.41) is 0.825. The topological polar surface area (TPSA) is 17.1 Å². The second-order valence-electron chi connectivity index (χ2n) is 3.32. The van der Waals surface area contributed by atoms with Crippen LogP contribution in [0.2, 0.25) is 0 Å². The van der Waals surface area contributed by atoms with Gasteiger partial charge >= 0.3 is 0 Å². The minimum absolute atomic E-state index is 0.387. The monoisotopic (exact) mass is 172 g/mol. The Morgan fingerprint density at radius 3 is 2.18 bits per heavy atom. The third kappa shape index (κ3) is 2.51. The van der Waals surface area contributed by atoms with Crippen molar-refractivity contribution < 1.29 is 4.79 Å². The molecule has 64 valence electrons. The summed E-state index contributed by atoms with van der Waals surface area (Å²) < 4.78 is 0. The van der Waals surface area contributed by atoms with Gasteiger partial charge in [0.2, 0.25) is 0 Å². The van der Waals surface area contributed by atoms with Crippen LogP contribution < -0.4 is 0 Å². The zero-order chi connectivity index (χ0) is 8.27. The van der Waals surface area contributed by atoms with Crippen LogP contribution in [-0.4, -0.2) is 17.3 Å².